The first-order valence-electron chi connectivity index (χ1n) is 5.46. The molecule has 1 aliphatic rings. The summed E-state index contributed by atoms with van der Waals surface area (Å²) >= 11 is 0. The molecule has 1 heterocycles. The van der Waals surface area contributed by atoms with E-state index in [1.54, 1.807) is 0 Å². The van der Waals surface area contributed by atoms with Gasteiger partial charge in [-0.05, 0) is 45.1 Å². The minimum atomic E-state index is 0. The second-order valence-corrected chi connectivity index (χ2v) is 6.47. The summed E-state index contributed by atoms with van der Waals surface area (Å²) in [5.41, 5.74) is 0.847. The van der Waals surface area contributed by atoms with E-state index >= 15 is 0 Å². The Hall–Kier alpha value is -0.0400. The van der Waals surface area contributed by atoms with E-state index in [1.807, 2.05) is 0 Å². The quantitative estimate of drug-likeness (QED) is 0.574. The monoisotopic (exact) mass is 199 g/mol. The lowest BCUT2D eigenvalue weighted by Gasteiger charge is -2.33. The van der Waals surface area contributed by atoms with Crippen molar-refractivity contribution < 1.29 is 0 Å². The molecule has 0 aromatic rings. The second-order valence-electron chi connectivity index (χ2n) is 6.47. The largest absolute Gasteiger partial charge is 0.298 e. The molecule has 0 aromatic carbocycles. The summed E-state index contributed by atoms with van der Waals surface area (Å²) in [5.74, 6) is 0.881. The van der Waals surface area contributed by atoms with Crippen LogP contribution in [0.4, 0.5) is 0 Å². The highest BCUT2D eigenvalue weighted by atomic mass is 15.2. The van der Waals surface area contributed by atoms with Gasteiger partial charge in [0.05, 0.1) is 0 Å². The van der Waals surface area contributed by atoms with E-state index in [1.165, 1.54) is 19.5 Å². The van der Waals surface area contributed by atoms with Gasteiger partial charge in [-0.15, -0.1) is 0 Å². The molecule has 0 aliphatic carbocycles. The SMILES string of the molecule is C.CC(C)(C)C1CCN(C(C)(C)C)C1. The number of hydrogen-bond acceptors (Lipinski definition) is 1. The highest BCUT2D eigenvalue weighted by Gasteiger charge is 2.35. The Morgan fingerprint density at radius 1 is 1.00 bits per heavy atom. The molecule has 1 fully saturated rings. The third-order valence-corrected chi connectivity index (χ3v) is 3.36. The molecule has 0 aromatic heterocycles. The Balaban J connectivity index is 0.00000169. The average molecular weight is 199 g/mol. The Kier molecular flexibility index (Phi) is 4.21. The molecular weight excluding hydrogens is 170 g/mol. The fourth-order valence-corrected chi connectivity index (χ4v) is 2.08. The summed E-state index contributed by atoms with van der Waals surface area (Å²) in [4.78, 5) is 2.61. The van der Waals surface area contributed by atoms with Crippen LogP contribution >= 0.6 is 0 Å². The third-order valence-electron chi connectivity index (χ3n) is 3.36. The van der Waals surface area contributed by atoms with E-state index < -0.39 is 0 Å². The maximum absolute atomic E-state index is 2.61. The molecule has 0 spiro atoms. The van der Waals surface area contributed by atoms with Crippen molar-refractivity contribution >= 4 is 0 Å². The smallest absolute Gasteiger partial charge is 0.0125 e. The molecule has 1 atom stereocenters. The van der Waals surface area contributed by atoms with Crippen molar-refractivity contribution in [3.05, 3.63) is 0 Å². The summed E-state index contributed by atoms with van der Waals surface area (Å²) in [6.45, 7) is 16.6. The minimum absolute atomic E-state index is 0. The fourth-order valence-electron chi connectivity index (χ4n) is 2.08. The van der Waals surface area contributed by atoms with E-state index in [0.717, 1.165) is 5.92 Å². The predicted octanol–water partition coefficient (Wildman–Crippen LogP) is 3.79. The zero-order chi connectivity index (χ0) is 10.3. The lowest BCUT2D eigenvalue weighted by molar-refractivity contribution is 0.148. The van der Waals surface area contributed by atoms with Crippen molar-refractivity contribution in [2.45, 2.75) is 60.9 Å². The van der Waals surface area contributed by atoms with Crippen LogP contribution in [0.2, 0.25) is 0 Å². The van der Waals surface area contributed by atoms with Gasteiger partial charge in [-0.2, -0.15) is 0 Å². The van der Waals surface area contributed by atoms with Gasteiger partial charge >= 0.3 is 0 Å². The van der Waals surface area contributed by atoms with Gasteiger partial charge in [0.25, 0.3) is 0 Å². The molecule has 86 valence electrons. The zero-order valence-electron chi connectivity index (χ0n) is 10.1. The average Bonchev–Trinajstić information content (AvgIpc) is 2.28. The summed E-state index contributed by atoms with van der Waals surface area (Å²) in [6, 6.07) is 0. The number of rotatable bonds is 0. The van der Waals surface area contributed by atoms with Gasteiger partial charge < -0.3 is 0 Å². The van der Waals surface area contributed by atoms with Gasteiger partial charge in [0, 0.05) is 12.1 Å². The predicted molar refractivity (Wildman–Crippen MR) is 65.6 cm³/mol. The summed E-state index contributed by atoms with van der Waals surface area (Å²) in [5, 5.41) is 0. The van der Waals surface area contributed by atoms with E-state index in [-0.39, 0.29) is 7.43 Å². The Bertz CT molecular complexity index is 151. The fraction of sp³-hybridized carbons (Fsp3) is 1.00. The Morgan fingerprint density at radius 3 is 1.71 bits per heavy atom. The number of nitrogens with zero attached hydrogens (tertiary/aromatic N) is 1. The van der Waals surface area contributed by atoms with Gasteiger partial charge in [0.15, 0.2) is 0 Å². The summed E-state index contributed by atoms with van der Waals surface area (Å²) < 4.78 is 0. The maximum atomic E-state index is 2.61. The first-order valence-corrected chi connectivity index (χ1v) is 5.46. The molecule has 1 unspecified atom stereocenters. The first-order chi connectivity index (χ1) is 5.71. The normalized spacial score (nSPS) is 24.9. The third kappa shape index (κ3) is 3.27. The summed E-state index contributed by atoms with van der Waals surface area (Å²) in [7, 11) is 0. The lowest BCUT2D eigenvalue weighted by Crippen LogP contribution is -2.40. The standard InChI is InChI=1S/C12H25N.CH4/c1-11(2,3)10-7-8-13(9-10)12(4,5)6;/h10H,7-9H2,1-6H3;1H4. The second kappa shape index (κ2) is 4.22. The minimum Gasteiger partial charge on any atom is -0.298 e. The van der Waals surface area contributed by atoms with Gasteiger partial charge in [0.1, 0.15) is 0 Å². The topological polar surface area (TPSA) is 3.24 Å². The number of hydrogen-bond donors (Lipinski definition) is 0. The van der Waals surface area contributed by atoms with Crippen LogP contribution in [0.25, 0.3) is 0 Å². The highest BCUT2D eigenvalue weighted by molar-refractivity contribution is 4.89. The van der Waals surface area contributed by atoms with Crippen molar-refractivity contribution in [2.75, 3.05) is 13.1 Å². The zero-order valence-corrected chi connectivity index (χ0v) is 10.1. The van der Waals surface area contributed by atoms with Crippen LogP contribution < -0.4 is 0 Å². The lowest BCUT2D eigenvalue weighted by atomic mass is 9.80. The van der Waals surface area contributed by atoms with E-state index in [9.17, 15) is 0 Å². The van der Waals surface area contributed by atoms with Crippen molar-refractivity contribution in [2.24, 2.45) is 11.3 Å². The molecule has 0 amide bonds. The first kappa shape index (κ1) is 14.0. The Morgan fingerprint density at radius 2 is 1.50 bits per heavy atom. The van der Waals surface area contributed by atoms with Crippen LogP contribution in [0.3, 0.4) is 0 Å². The van der Waals surface area contributed by atoms with Gasteiger partial charge in [-0.25, -0.2) is 0 Å². The van der Waals surface area contributed by atoms with Gasteiger partial charge in [-0.1, -0.05) is 28.2 Å². The molecule has 1 rings (SSSR count). The van der Waals surface area contributed by atoms with Gasteiger partial charge in [0.2, 0.25) is 0 Å². The molecule has 1 heteroatoms. The van der Waals surface area contributed by atoms with Crippen molar-refractivity contribution in [3.8, 4) is 0 Å². The summed E-state index contributed by atoms with van der Waals surface area (Å²) in [6.07, 6.45) is 1.38. The van der Waals surface area contributed by atoms with Crippen LogP contribution in [-0.4, -0.2) is 23.5 Å². The van der Waals surface area contributed by atoms with E-state index in [4.69, 9.17) is 0 Å². The van der Waals surface area contributed by atoms with Crippen LogP contribution in [0, 0.1) is 11.3 Å². The molecule has 0 radical (unpaired) electrons. The molecule has 0 N–H and O–H groups in total. The molecule has 1 nitrogen and oxygen atoms in total. The molecule has 1 saturated heterocycles. The van der Waals surface area contributed by atoms with Crippen LogP contribution in [0.15, 0.2) is 0 Å². The molecule has 0 saturated carbocycles. The molecule has 0 bridgehead atoms. The van der Waals surface area contributed by atoms with Crippen molar-refractivity contribution in [3.63, 3.8) is 0 Å². The van der Waals surface area contributed by atoms with Crippen molar-refractivity contribution in [1.29, 1.82) is 0 Å². The maximum Gasteiger partial charge on any atom is 0.0125 e. The molecule has 1 aliphatic heterocycles. The van der Waals surface area contributed by atoms with Crippen LogP contribution in [0.1, 0.15) is 55.4 Å². The van der Waals surface area contributed by atoms with Gasteiger partial charge in [-0.3, -0.25) is 4.90 Å². The number of likely N-dealkylation sites (tertiary alicyclic amines) is 1. The van der Waals surface area contributed by atoms with Crippen LogP contribution in [-0.2, 0) is 0 Å². The van der Waals surface area contributed by atoms with E-state index in [2.05, 4.69) is 46.4 Å². The van der Waals surface area contributed by atoms with E-state index in [0.29, 0.717) is 11.0 Å². The Labute approximate surface area is 90.9 Å². The molecular formula is C13H29N. The van der Waals surface area contributed by atoms with Crippen molar-refractivity contribution in [1.82, 2.24) is 4.90 Å². The molecule has 14 heavy (non-hydrogen) atoms. The highest BCUT2D eigenvalue weighted by Crippen LogP contribution is 2.35. The van der Waals surface area contributed by atoms with Crippen LogP contribution in [0.5, 0.6) is 0 Å².